The zero-order valence-electron chi connectivity index (χ0n) is 25.3. The van der Waals surface area contributed by atoms with Crippen molar-refractivity contribution < 1.29 is 27.5 Å². The van der Waals surface area contributed by atoms with Gasteiger partial charge in [-0.1, -0.05) is 11.8 Å². The number of benzene rings is 1. The predicted octanol–water partition coefficient (Wildman–Crippen LogP) is 2.95. The van der Waals surface area contributed by atoms with E-state index < -0.39 is 41.6 Å². The van der Waals surface area contributed by atoms with Crippen LogP contribution in [0.2, 0.25) is 0 Å². The average molecular weight is 660 g/mol. The van der Waals surface area contributed by atoms with Crippen molar-refractivity contribution in [1.82, 2.24) is 24.6 Å². The van der Waals surface area contributed by atoms with Crippen LogP contribution in [0.4, 0.5) is 29.2 Å². The second-order valence-electron chi connectivity index (χ2n) is 11.6. The third-order valence-electron chi connectivity index (χ3n) is 8.66. The molecule has 16 heteroatoms. The number of nitriles is 1. The van der Waals surface area contributed by atoms with E-state index in [0.717, 1.165) is 29.5 Å². The standard InChI is InChI=1S/C30H33F4N9O2S/c1-3-43-29(42(15-24(33)34)30(23(12-35)46-17-36-30)21-5-4-19(31)11-22(21)32)28-27(38-43)18(2)10-25(37-28)40-8-6-39(7-9-40)16-26(45)41-13-20(44)14-41/h4-5,10-11,17,20,23-24,44H,3,6-9,13-16H2,1-2H3. The van der Waals surface area contributed by atoms with Gasteiger partial charge in [0.05, 0.1) is 30.8 Å². The third kappa shape index (κ3) is 5.64. The maximum atomic E-state index is 15.5. The number of aromatic nitrogens is 3. The largest absolute Gasteiger partial charge is 0.389 e. The highest BCUT2D eigenvalue weighted by atomic mass is 32.2. The summed E-state index contributed by atoms with van der Waals surface area (Å²) in [5, 5.41) is 23.2. The Bertz CT molecular complexity index is 1700. The van der Waals surface area contributed by atoms with Crippen molar-refractivity contribution in [2.75, 3.05) is 62.2 Å². The van der Waals surface area contributed by atoms with Gasteiger partial charge in [0, 0.05) is 57.4 Å². The van der Waals surface area contributed by atoms with Crippen LogP contribution in [0.3, 0.4) is 0 Å². The number of aryl methyl sites for hydroxylation is 2. The molecule has 1 amide bonds. The van der Waals surface area contributed by atoms with Crippen molar-refractivity contribution >= 4 is 45.9 Å². The number of carbonyl (C=O) groups excluding carboxylic acids is 1. The monoisotopic (exact) mass is 659 g/mol. The molecule has 3 aliphatic heterocycles. The second kappa shape index (κ2) is 12.7. The number of fused-ring (bicyclic) bond motifs is 1. The molecule has 0 radical (unpaired) electrons. The molecule has 11 nitrogen and oxygen atoms in total. The molecule has 3 aromatic rings. The van der Waals surface area contributed by atoms with Crippen LogP contribution in [0.25, 0.3) is 11.0 Å². The van der Waals surface area contributed by atoms with Crippen molar-refractivity contribution in [3.05, 3.63) is 47.0 Å². The Kier molecular flexibility index (Phi) is 8.83. The topological polar surface area (TPSA) is 117 Å². The first-order chi connectivity index (χ1) is 22.0. The summed E-state index contributed by atoms with van der Waals surface area (Å²) < 4.78 is 60.0. The van der Waals surface area contributed by atoms with Crippen molar-refractivity contribution in [1.29, 1.82) is 5.26 Å². The van der Waals surface area contributed by atoms with Gasteiger partial charge in [0.25, 0.3) is 6.43 Å². The molecule has 1 aromatic carbocycles. The van der Waals surface area contributed by atoms with Crippen LogP contribution in [0.1, 0.15) is 18.1 Å². The van der Waals surface area contributed by atoms with Gasteiger partial charge in [0.1, 0.15) is 33.7 Å². The Labute approximate surface area is 267 Å². The third-order valence-corrected chi connectivity index (χ3v) is 9.59. The molecule has 2 aromatic heterocycles. The van der Waals surface area contributed by atoms with E-state index in [4.69, 9.17) is 10.1 Å². The van der Waals surface area contributed by atoms with E-state index in [9.17, 15) is 28.3 Å². The SMILES string of the molecule is CCn1nc2c(C)cc(N3CCN(CC(=O)N4CC(O)C4)CC3)nc2c1N(CC(F)F)C1(c2ccc(F)cc2F)N=CSC1C#N. The molecule has 46 heavy (non-hydrogen) atoms. The van der Waals surface area contributed by atoms with Crippen molar-refractivity contribution in [3.8, 4) is 6.07 Å². The van der Waals surface area contributed by atoms with Gasteiger partial charge >= 0.3 is 0 Å². The van der Waals surface area contributed by atoms with E-state index in [0.29, 0.717) is 56.7 Å². The van der Waals surface area contributed by atoms with Gasteiger partial charge < -0.3 is 19.8 Å². The summed E-state index contributed by atoms with van der Waals surface area (Å²) in [6.45, 7) is 6.17. The molecule has 0 spiro atoms. The Hall–Kier alpha value is -3.94. The lowest BCUT2D eigenvalue weighted by atomic mass is 9.93. The summed E-state index contributed by atoms with van der Waals surface area (Å²) in [6.07, 6.45) is -3.38. The van der Waals surface area contributed by atoms with Crippen LogP contribution < -0.4 is 9.80 Å². The molecule has 1 N–H and O–H groups in total. The second-order valence-corrected chi connectivity index (χ2v) is 12.5. The number of nitrogens with zero attached hydrogens (tertiary/aromatic N) is 9. The average Bonchev–Trinajstić information content (AvgIpc) is 3.61. The number of rotatable bonds is 9. The number of thioether (sulfide) groups is 1. The van der Waals surface area contributed by atoms with E-state index in [2.05, 4.69) is 11.1 Å². The lowest BCUT2D eigenvalue weighted by Crippen LogP contribution is -2.57. The smallest absolute Gasteiger partial charge is 0.255 e. The number of aliphatic hydroxyl groups is 1. The van der Waals surface area contributed by atoms with Gasteiger partial charge in [0.15, 0.2) is 11.5 Å². The van der Waals surface area contributed by atoms with E-state index >= 15 is 4.39 Å². The normalized spacial score (nSPS) is 22.1. The molecule has 0 aliphatic carbocycles. The van der Waals surface area contributed by atoms with Crippen molar-refractivity contribution in [3.63, 3.8) is 0 Å². The van der Waals surface area contributed by atoms with E-state index in [1.165, 1.54) is 15.1 Å². The molecule has 2 saturated heterocycles. The summed E-state index contributed by atoms with van der Waals surface area (Å²) in [5.41, 5.74) is 0.635. The Balaban J connectivity index is 1.40. The highest BCUT2D eigenvalue weighted by Crippen LogP contribution is 2.48. The van der Waals surface area contributed by atoms with Gasteiger partial charge in [-0.15, -0.1) is 0 Å². The van der Waals surface area contributed by atoms with Gasteiger partial charge in [-0.2, -0.15) is 10.4 Å². The fraction of sp³-hybridized carbons (Fsp3) is 0.500. The predicted molar refractivity (Wildman–Crippen MR) is 166 cm³/mol. The zero-order valence-corrected chi connectivity index (χ0v) is 26.1. The number of likely N-dealkylation sites (tertiary alicyclic amines) is 1. The number of hydrogen-bond donors (Lipinski definition) is 1. The lowest BCUT2D eigenvalue weighted by molar-refractivity contribution is -0.142. The number of anilines is 2. The summed E-state index contributed by atoms with van der Waals surface area (Å²) in [4.78, 5) is 28.8. The molecule has 0 saturated carbocycles. The molecular weight excluding hydrogens is 626 g/mol. The van der Waals surface area contributed by atoms with Crippen molar-refractivity contribution in [2.45, 2.75) is 43.8 Å². The van der Waals surface area contributed by atoms with Crippen LogP contribution in [0, 0.1) is 29.9 Å². The number of β-amino-alcohol motifs (C(OH)–C–C–N with tert-alkyl or cyclic N) is 1. The number of halogens is 4. The van der Waals surface area contributed by atoms with Crippen LogP contribution in [-0.2, 0) is 17.0 Å². The minimum absolute atomic E-state index is 0.0280. The number of piperazine rings is 1. The molecule has 2 unspecified atom stereocenters. The number of amides is 1. The molecule has 2 atom stereocenters. The Morgan fingerprint density at radius 3 is 2.57 bits per heavy atom. The molecule has 2 fully saturated rings. The van der Waals surface area contributed by atoms with Gasteiger partial charge in [-0.3, -0.25) is 14.7 Å². The molecule has 3 aliphatic rings. The highest BCUT2D eigenvalue weighted by Gasteiger charge is 2.53. The zero-order chi connectivity index (χ0) is 32.7. The molecule has 5 heterocycles. The van der Waals surface area contributed by atoms with Crippen LogP contribution in [0.5, 0.6) is 0 Å². The van der Waals surface area contributed by atoms with E-state index in [1.54, 1.807) is 11.8 Å². The quantitative estimate of drug-likeness (QED) is 0.346. The minimum atomic E-state index is -2.92. The lowest BCUT2D eigenvalue weighted by Gasteiger charge is -2.42. The summed E-state index contributed by atoms with van der Waals surface area (Å²) in [7, 11) is 0. The Morgan fingerprint density at radius 1 is 1.20 bits per heavy atom. The molecule has 6 rings (SSSR count). The summed E-state index contributed by atoms with van der Waals surface area (Å²) in [5.74, 6) is -1.17. The van der Waals surface area contributed by atoms with Crippen molar-refractivity contribution in [2.24, 2.45) is 4.99 Å². The maximum Gasteiger partial charge on any atom is 0.255 e. The van der Waals surface area contributed by atoms with Gasteiger partial charge in [-0.05, 0) is 37.6 Å². The molecular formula is C30H33F4N9O2S. The number of aliphatic imine (C=N–C) groups is 1. The summed E-state index contributed by atoms with van der Waals surface area (Å²) in [6, 6.07) is 6.78. The molecule has 244 valence electrons. The first kappa shape index (κ1) is 32.0. The fourth-order valence-electron chi connectivity index (χ4n) is 6.29. The Morgan fingerprint density at radius 2 is 1.93 bits per heavy atom. The minimum Gasteiger partial charge on any atom is -0.389 e. The highest BCUT2D eigenvalue weighted by molar-refractivity contribution is 8.13. The van der Waals surface area contributed by atoms with Gasteiger partial charge in [-0.25, -0.2) is 27.2 Å². The number of aliphatic hydroxyl groups excluding tert-OH is 1. The molecule has 0 bridgehead atoms. The van der Waals surface area contributed by atoms with Crippen LogP contribution in [-0.4, -0.2) is 111 Å². The fourth-order valence-corrected chi connectivity index (χ4v) is 7.20. The summed E-state index contributed by atoms with van der Waals surface area (Å²) >= 11 is 0.967. The van der Waals surface area contributed by atoms with Gasteiger partial charge in [0.2, 0.25) is 5.91 Å². The van der Waals surface area contributed by atoms with Crippen LogP contribution in [0.15, 0.2) is 29.3 Å². The van der Waals surface area contributed by atoms with E-state index in [-0.39, 0.29) is 35.9 Å². The van der Waals surface area contributed by atoms with Crippen LogP contribution >= 0.6 is 11.8 Å². The maximum absolute atomic E-state index is 15.5. The van der Waals surface area contributed by atoms with E-state index in [1.807, 2.05) is 22.8 Å². The number of alkyl halides is 2. The number of hydrogen-bond acceptors (Lipinski definition) is 10. The first-order valence-corrected chi connectivity index (χ1v) is 15.9. The number of pyridine rings is 1. The number of carbonyl (C=O) groups is 1. The first-order valence-electron chi connectivity index (χ1n) is 15.0.